The summed E-state index contributed by atoms with van der Waals surface area (Å²) in [6.07, 6.45) is 4.66. The second-order valence-corrected chi connectivity index (χ2v) is 8.66. The molecule has 0 saturated carbocycles. The number of aromatic nitrogens is 3. The van der Waals surface area contributed by atoms with Crippen molar-refractivity contribution < 1.29 is 13.2 Å². The Morgan fingerprint density at radius 3 is 2.50 bits per heavy atom. The molecule has 0 unspecified atom stereocenters. The zero-order chi connectivity index (χ0) is 19.9. The average molecular weight is 414 g/mol. The monoisotopic (exact) mass is 413 g/mol. The number of hydrogen-bond donors (Lipinski definition) is 0. The number of nitrogens with zero attached hydrogens (tertiary/aromatic N) is 3. The molecule has 4 aromatic rings. The zero-order valence-corrected chi connectivity index (χ0v) is 16.7. The first kappa shape index (κ1) is 18.5. The first-order valence-electron chi connectivity index (χ1n) is 8.36. The molecule has 0 radical (unpaired) electrons. The number of hydrogen-bond acceptors (Lipinski definition) is 5. The molecule has 0 fully saturated rings. The van der Waals surface area contributed by atoms with Crippen LogP contribution in [0.1, 0.15) is 0 Å². The lowest BCUT2D eigenvalue weighted by Crippen LogP contribution is -1.98. The Hall–Kier alpha value is -2.90. The average Bonchev–Trinajstić information content (AvgIpc) is 3.06. The molecule has 142 valence electrons. The molecule has 2 aromatic carbocycles. The number of rotatable bonds is 4. The molecule has 0 bridgehead atoms. The SMILES string of the molecule is COc1ccc(-c2nc3ncccn3c2-c2ccc(S(C)(=O)=O)cc2Cl)cc1. The molecule has 6 nitrogen and oxygen atoms in total. The fourth-order valence-electron chi connectivity index (χ4n) is 3.01. The topological polar surface area (TPSA) is 73.6 Å². The fraction of sp³-hybridized carbons (Fsp3) is 0.100. The highest BCUT2D eigenvalue weighted by Gasteiger charge is 2.20. The van der Waals surface area contributed by atoms with Gasteiger partial charge in [0.25, 0.3) is 0 Å². The molecule has 0 aliphatic rings. The van der Waals surface area contributed by atoms with Gasteiger partial charge in [-0.05, 0) is 48.5 Å². The van der Waals surface area contributed by atoms with Crippen LogP contribution in [-0.4, -0.2) is 36.2 Å². The van der Waals surface area contributed by atoms with Gasteiger partial charge in [0, 0.05) is 29.8 Å². The van der Waals surface area contributed by atoms with Crippen molar-refractivity contribution in [2.24, 2.45) is 0 Å². The molecule has 0 aliphatic carbocycles. The molecule has 2 aromatic heterocycles. The van der Waals surface area contributed by atoms with Crippen LogP contribution in [0.4, 0.5) is 0 Å². The number of fused-ring (bicyclic) bond motifs is 1. The molecule has 2 heterocycles. The standard InChI is InChI=1S/C20H16ClN3O3S/c1-27-14-6-4-13(5-7-14)18-19(24-11-3-10-22-20(24)23-18)16-9-8-15(12-17(16)21)28(2,25)26/h3-12H,1-2H3. The van der Waals surface area contributed by atoms with E-state index >= 15 is 0 Å². The van der Waals surface area contributed by atoms with Crippen molar-refractivity contribution >= 4 is 27.2 Å². The van der Waals surface area contributed by atoms with Gasteiger partial charge < -0.3 is 4.74 Å². The smallest absolute Gasteiger partial charge is 0.234 e. The summed E-state index contributed by atoms with van der Waals surface area (Å²) in [5.74, 6) is 1.26. The van der Waals surface area contributed by atoms with E-state index in [2.05, 4.69) is 9.97 Å². The number of methoxy groups -OCH3 is 1. The van der Waals surface area contributed by atoms with Crippen molar-refractivity contribution in [1.29, 1.82) is 0 Å². The van der Waals surface area contributed by atoms with E-state index in [0.29, 0.717) is 22.1 Å². The van der Waals surface area contributed by atoms with Crippen LogP contribution < -0.4 is 4.74 Å². The molecule has 4 rings (SSSR count). The molecule has 0 aliphatic heterocycles. The highest BCUT2D eigenvalue weighted by Crippen LogP contribution is 2.37. The lowest BCUT2D eigenvalue weighted by atomic mass is 10.0. The van der Waals surface area contributed by atoms with E-state index in [1.807, 2.05) is 34.9 Å². The highest BCUT2D eigenvalue weighted by atomic mass is 35.5. The third-order valence-corrected chi connectivity index (χ3v) is 5.81. The van der Waals surface area contributed by atoms with Gasteiger partial charge in [-0.2, -0.15) is 0 Å². The highest BCUT2D eigenvalue weighted by molar-refractivity contribution is 7.90. The minimum Gasteiger partial charge on any atom is -0.497 e. The summed E-state index contributed by atoms with van der Waals surface area (Å²) in [5.41, 5.74) is 2.96. The van der Waals surface area contributed by atoms with Crippen LogP contribution in [0, 0.1) is 0 Å². The predicted octanol–water partition coefficient (Wildman–Crippen LogP) is 4.13. The Morgan fingerprint density at radius 1 is 1.11 bits per heavy atom. The van der Waals surface area contributed by atoms with Crippen molar-refractivity contribution in [2.45, 2.75) is 4.90 Å². The first-order valence-corrected chi connectivity index (χ1v) is 10.6. The summed E-state index contributed by atoms with van der Waals surface area (Å²) in [6, 6.07) is 14.0. The number of sulfone groups is 1. The number of benzene rings is 2. The van der Waals surface area contributed by atoms with Crippen LogP contribution in [0.3, 0.4) is 0 Å². The number of imidazole rings is 1. The zero-order valence-electron chi connectivity index (χ0n) is 15.1. The molecule has 8 heteroatoms. The Kier molecular flexibility index (Phi) is 4.56. The van der Waals surface area contributed by atoms with Gasteiger partial charge in [-0.3, -0.25) is 4.40 Å². The van der Waals surface area contributed by atoms with E-state index in [1.54, 1.807) is 31.5 Å². The quantitative estimate of drug-likeness (QED) is 0.503. The predicted molar refractivity (Wildman–Crippen MR) is 109 cm³/mol. The summed E-state index contributed by atoms with van der Waals surface area (Å²) in [6.45, 7) is 0. The van der Waals surface area contributed by atoms with Gasteiger partial charge in [-0.1, -0.05) is 11.6 Å². The van der Waals surface area contributed by atoms with Crippen LogP contribution in [0.2, 0.25) is 5.02 Å². The van der Waals surface area contributed by atoms with Gasteiger partial charge >= 0.3 is 0 Å². The summed E-state index contributed by atoms with van der Waals surface area (Å²) >= 11 is 6.49. The van der Waals surface area contributed by atoms with Gasteiger partial charge in [0.05, 0.1) is 28.4 Å². The lowest BCUT2D eigenvalue weighted by Gasteiger charge is -2.09. The van der Waals surface area contributed by atoms with Crippen LogP contribution in [0.25, 0.3) is 28.3 Å². The Morgan fingerprint density at radius 2 is 1.86 bits per heavy atom. The molecular weight excluding hydrogens is 398 g/mol. The lowest BCUT2D eigenvalue weighted by molar-refractivity contribution is 0.415. The van der Waals surface area contributed by atoms with Gasteiger partial charge in [-0.15, -0.1) is 0 Å². The molecule has 0 saturated heterocycles. The maximum Gasteiger partial charge on any atom is 0.234 e. The third-order valence-electron chi connectivity index (χ3n) is 4.39. The van der Waals surface area contributed by atoms with Gasteiger partial charge in [0.1, 0.15) is 5.75 Å². The van der Waals surface area contributed by atoms with Crippen molar-refractivity contribution in [3.63, 3.8) is 0 Å². The molecule has 28 heavy (non-hydrogen) atoms. The van der Waals surface area contributed by atoms with Crippen molar-refractivity contribution in [1.82, 2.24) is 14.4 Å². The number of halogens is 1. The van der Waals surface area contributed by atoms with E-state index in [-0.39, 0.29) is 4.90 Å². The Balaban J connectivity index is 1.98. The van der Waals surface area contributed by atoms with Crippen LogP contribution in [0.15, 0.2) is 65.8 Å². The maximum absolute atomic E-state index is 11.8. The summed E-state index contributed by atoms with van der Waals surface area (Å²) in [7, 11) is -1.75. The second-order valence-electron chi connectivity index (χ2n) is 6.24. The van der Waals surface area contributed by atoms with Crippen LogP contribution >= 0.6 is 11.6 Å². The normalized spacial score (nSPS) is 11.7. The summed E-state index contributed by atoms with van der Waals surface area (Å²) < 4.78 is 30.8. The Bertz CT molecular complexity index is 1280. The van der Waals surface area contributed by atoms with Crippen LogP contribution in [0.5, 0.6) is 5.75 Å². The molecule has 0 spiro atoms. The van der Waals surface area contributed by atoms with Gasteiger partial charge in [0.15, 0.2) is 9.84 Å². The van der Waals surface area contributed by atoms with E-state index in [0.717, 1.165) is 23.3 Å². The molecule has 0 atom stereocenters. The fourth-order valence-corrected chi connectivity index (χ4v) is 4.00. The van der Waals surface area contributed by atoms with E-state index in [1.165, 1.54) is 6.07 Å². The van der Waals surface area contributed by atoms with Crippen molar-refractivity contribution in [3.05, 3.63) is 65.9 Å². The summed E-state index contributed by atoms with van der Waals surface area (Å²) in [5, 5.41) is 0.323. The van der Waals surface area contributed by atoms with Crippen LogP contribution in [-0.2, 0) is 9.84 Å². The molecular formula is C20H16ClN3O3S. The van der Waals surface area contributed by atoms with Gasteiger partial charge in [0.2, 0.25) is 5.78 Å². The third kappa shape index (κ3) is 3.23. The van der Waals surface area contributed by atoms with E-state index < -0.39 is 9.84 Å². The summed E-state index contributed by atoms with van der Waals surface area (Å²) in [4.78, 5) is 9.15. The molecule has 0 amide bonds. The van der Waals surface area contributed by atoms with Gasteiger partial charge in [-0.25, -0.2) is 18.4 Å². The minimum atomic E-state index is -3.36. The Labute approximate surface area is 167 Å². The molecule has 0 N–H and O–H groups in total. The maximum atomic E-state index is 11.8. The minimum absolute atomic E-state index is 0.166. The first-order chi connectivity index (χ1) is 13.4. The van der Waals surface area contributed by atoms with E-state index in [9.17, 15) is 8.42 Å². The largest absolute Gasteiger partial charge is 0.497 e. The van der Waals surface area contributed by atoms with Crippen molar-refractivity contribution in [3.8, 4) is 28.3 Å². The van der Waals surface area contributed by atoms with E-state index in [4.69, 9.17) is 16.3 Å². The van der Waals surface area contributed by atoms with Crippen molar-refractivity contribution in [2.75, 3.05) is 13.4 Å². The second kappa shape index (κ2) is 6.92. The number of ether oxygens (including phenoxy) is 1.